The highest BCUT2D eigenvalue weighted by molar-refractivity contribution is 5.94. The summed E-state index contributed by atoms with van der Waals surface area (Å²) >= 11 is 0. The fourth-order valence-electron chi connectivity index (χ4n) is 2.88. The number of aromatic nitrogens is 1. The van der Waals surface area contributed by atoms with Gasteiger partial charge < -0.3 is 11.1 Å². The number of amides is 1. The molecule has 0 radical (unpaired) electrons. The second-order valence-corrected chi connectivity index (χ2v) is 6.03. The van der Waals surface area contributed by atoms with Gasteiger partial charge in [-0.3, -0.25) is 9.78 Å². The minimum absolute atomic E-state index is 0. The molecule has 3 rings (SSSR count). The average molecular weight is 350 g/mol. The fraction of sp³-hybridized carbons (Fsp3) is 0.333. The lowest BCUT2D eigenvalue weighted by Crippen LogP contribution is -2.40. The number of hydrogen-bond acceptors (Lipinski definition) is 3. The first kappa shape index (κ1) is 18.4. The quantitative estimate of drug-likeness (QED) is 0.893. The molecule has 1 aromatic heterocycles. The van der Waals surface area contributed by atoms with Gasteiger partial charge in [0, 0.05) is 23.8 Å². The van der Waals surface area contributed by atoms with Crippen LogP contribution in [0.4, 0.5) is 4.39 Å². The maximum atomic E-state index is 13.2. The molecule has 1 aliphatic rings. The lowest BCUT2D eigenvalue weighted by molar-refractivity contribution is 0.0925. The van der Waals surface area contributed by atoms with Gasteiger partial charge in [-0.25, -0.2) is 4.39 Å². The third-order valence-electron chi connectivity index (χ3n) is 4.25. The molecule has 1 heterocycles. The van der Waals surface area contributed by atoms with Crippen LogP contribution in [0.2, 0.25) is 0 Å². The van der Waals surface area contributed by atoms with Crippen molar-refractivity contribution in [1.82, 2.24) is 10.3 Å². The van der Waals surface area contributed by atoms with Crippen molar-refractivity contribution in [3.8, 4) is 11.3 Å². The Morgan fingerprint density at radius 3 is 2.54 bits per heavy atom. The summed E-state index contributed by atoms with van der Waals surface area (Å²) in [5.74, 6) is -0.426. The molecule has 1 fully saturated rings. The first-order chi connectivity index (χ1) is 11.1. The van der Waals surface area contributed by atoms with Gasteiger partial charge in [0.1, 0.15) is 5.82 Å². The molecule has 2 aromatic rings. The summed E-state index contributed by atoms with van der Waals surface area (Å²) in [7, 11) is 0. The van der Waals surface area contributed by atoms with Crippen LogP contribution in [0.3, 0.4) is 0 Å². The van der Waals surface area contributed by atoms with E-state index in [-0.39, 0.29) is 36.2 Å². The highest BCUT2D eigenvalue weighted by atomic mass is 35.5. The van der Waals surface area contributed by atoms with Crippen molar-refractivity contribution in [2.75, 3.05) is 0 Å². The highest BCUT2D eigenvalue weighted by Crippen LogP contribution is 2.19. The van der Waals surface area contributed by atoms with E-state index in [1.807, 2.05) is 0 Å². The van der Waals surface area contributed by atoms with Gasteiger partial charge in [-0.05, 0) is 49.9 Å². The average Bonchev–Trinajstić information content (AvgIpc) is 2.57. The molecule has 4 nitrogen and oxygen atoms in total. The number of carbonyl (C=O) groups excluding carboxylic acids is 1. The Kier molecular flexibility index (Phi) is 6.29. The molecule has 128 valence electrons. The van der Waals surface area contributed by atoms with Crippen LogP contribution < -0.4 is 11.1 Å². The lowest BCUT2D eigenvalue weighted by atomic mass is 9.91. The Morgan fingerprint density at radius 2 is 1.92 bits per heavy atom. The van der Waals surface area contributed by atoms with E-state index >= 15 is 0 Å². The predicted molar refractivity (Wildman–Crippen MR) is 94.6 cm³/mol. The van der Waals surface area contributed by atoms with E-state index in [2.05, 4.69) is 10.3 Å². The molecule has 0 bridgehead atoms. The number of nitrogens with one attached hydrogen (secondary N) is 1. The van der Waals surface area contributed by atoms with E-state index in [4.69, 9.17) is 5.73 Å². The van der Waals surface area contributed by atoms with Gasteiger partial charge in [-0.15, -0.1) is 12.4 Å². The van der Waals surface area contributed by atoms with E-state index in [1.165, 1.54) is 18.3 Å². The van der Waals surface area contributed by atoms with E-state index in [0.717, 1.165) is 25.7 Å². The molecule has 0 atom stereocenters. The summed E-state index contributed by atoms with van der Waals surface area (Å²) in [6.45, 7) is 0. The summed E-state index contributed by atoms with van der Waals surface area (Å²) in [6.07, 6.45) is 5.26. The summed E-state index contributed by atoms with van der Waals surface area (Å²) in [6, 6.07) is 10.1. The van der Waals surface area contributed by atoms with Crippen LogP contribution in [-0.2, 0) is 0 Å². The van der Waals surface area contributed by atoms with Crippen molar-refractivity contribution in [2.24, 2.45) is 5.73 Å². The van der Waals surface area contributed by atoms with Crippen LogP contribution in [0.5, 0.6) is 0 Å². The predicted octanol–water partition coefficient (Wildman–Crippen LogP) is 3.31. The number of hydrogen-bond donors (Lipinski definition) is 2. The fourth-order valence-corrected chi connectivity index (χ4v) is 2.88. The van der Waals surface area contributed by atoms with Crippen LogP contribution in [0.1, 0.15) is 36.0 Å². The van der Waals surface area contributed by atoms with E-state index in [1.54, 1.807) is 24.3 Å². The number of nitrogens with two attached hydrogens (primary N) is 1. The molecule has 0 spiro atoms. The molecular formula is C18H21ClFN3O. The third-order valence-corrected chi connectivity index (χ3v) is 4.25. The van der Waals surface area contributed by atoms with Crippen molar-refractivity contribution in [2.45, 2.75) is 37.8 Å². The summed E-state index contributed by atoms with van der Waals surface area (Å²) in [5, 5.41) is 3.03. The normalized spacial score (nSPS) is 20.1. The summed E-state index contributed by atoms with van der Waals surface area (Å²) in [5.41, 5.74) is 7.72. The Balaban J connectivity index is 0.00000208. The number of halogens is 2. The Labute approximate surface area is 147 Å². The molecule has 1 aromatic carbocycles. The molecule has 1 aliphatic carbocycles. The van der Waals surface area contributed by atoms with Crippen LogP contribution in [0.15, 0.2) is 42.6 Å². The van der Waals surface area contributed by atoms with Gasteiger partial charge in [0.25, 0.3) is 5.91 Å². The van der Waals surface area contributed by atoms with Gasteiger partial charge in [0.2, 0.25) is 0 Å². The molecule has 3 N–H and O–H groups in total. The number of benzene rings is 1. The number of nitrogens with zero attached hydrogens (tertiary/aromatic N) is 1. The zero-order chi connectivity index (χ0) is 16.2. The lowest BCUT2D eigenvalue weighted by Gasteiger charge is -2.26. The van der Waals surface area contributed by atoms with Crippen molar-refractivity contribution < 1.29 is 9.18 Å². The second-order valence-electron chi connectivity index (χ2n) is 6.03. The number of pyridine rings is 1. The monoisotopic (exact) mass is 349 g/mol. The van der Waals surface area contributed by atoms with Crippen LogP contribution in [0, 0.1) is 5.82 Å². The zero-order valence-corrected chi connectivity index (χ0v) is 14.1. The topological polar surface area (TPSA) is 68.0 Å². The first-order valence-electron chi connectivity index (χ1n) is 7.90. The Hall–Kier alpha value is -1.98. The molecule has 0 aliphatic heterocycles. The number of carbonyl (C=O) groups is 1. The van der Waals surface area contributed by atoms with E-state index in [0.29, 0.717) is 16.8 Å². The van der Waals surface area contributed by atoms with Crippen LogP contribution in [-0.4, -0.2) is 23.0 Å². The van der Waals surface area contributed by atoms with Crippen molar-refractivity contribution >= 4 is 18.3 Å². The Bertz CT molecular complexity index is 685. The molecule has 6 heteroatoms. The van der Waals surface area contributed by atoms with Crippen molar-refractivity contribution in [3.05, 3.63) is 54.0 Å². The Morgan fingerprint density at radius 1 is 1.17 bits per heavy atom. The SMILES string of the molecule is Cl.NC1CCC(NC(=O)c2ccc(-c3cccc(F)c3)nc2)CC1. The molecule has 24 heavy (non-hydrogen) atoms. The molecule has 1 amide bonds. The van der Waals surface area contributed by atoms with Gasteiger partial charge in [0.05, 0.1) is 11.3 Å². The highest BCUT2D eigenvalue weighted by Gasteiger charge is 2.20. The maximum Gasteiger partial charge on any atom is 0.253 e. The van der Waals surface area contributed by atoms with Crippen molar-refractivity contribution in [1.29, 1.82) is 0 Å². The van der Waals surface area contributed by atoms with E-state index in [9.17, 15) is 9.18 Å². The van der Waals surface area contributed by atoms with Gasteiger partial charge in [-0.1, -0.05) is 12.1 Å². The molecule has 0 unspecified atom stereocenters. The largest absolute Gasteiger partial charge is 0.349 e. The smallest absolute Gasteiger partial charge is 0.253 e. The van der Waals surface area contributed by atoms with Crippen molar-refractivity contribution in [3.63, 3.8) is 0 Å². The van der Waals surface area contributed by atoms with Gasteiger partial charge >= 0.3 is 0 Å². The van der Waals surface area contributed by atoms with Gasteiger partial charge in [-0.2, -0.15) is 0 Å². The molecule has 1 saturated carbocycles. The van der Waals surface area contributed by atoms with Gasteiger partial charge in [0.15, 0.2) is 0 Å². The minimum Gasteiger partial charge on any atom is -0.349 e. The van der Waals surface area contributed by atoms with Crippen LogP contribution in [0.25, 0.3) is 11.3 Å². The second kappa shape index (κ2) is 8.22. The standard InChI is InChI=1S/C18H20FN3O.ClH/c19-14-3-1-2-12(10-14)17-9-4-13(11-21-17)18(23)22-16-7-5-15(20)6-8-16;/h1-4,9-11,15-16H,5-8,20H2,(H,22,23);1H. The number of rotatable bonds is 3. The molecular weight excluding hydrogens is 329 g/mol. The molecule has 0 saturated heterocycles. The summed E-state index contributed by atoms with van der Waals surface area (Å²) < 4.78 is 13.2. The zero-order valence-electron chi connectivity index (χ0n) is 13.2. The minimum atomic E-state index is -0.304. The van der Waals surface area contributed by atoms with E-state index < -0.39 is 0 Å². The third kappa shape index (κ3) is 4.52. The maximum absolute atomic E-state index is 13.2. The van der Waals surface area contributed by atoms with Crippen LogP contribution >= 0.6 is 12.4 Å². The first-order valence-corrected chi connectivity index (χ1v) is 7.90. The summed E-state index contributed by atoms with van der Waals surface area (Å²) in [4.78, 5) is 16.5.